The average molecular weight is 796 g/mol. The lowest BCUT2D eigenvalue weighted by molar-refractivity contribution is 0.430. The van der Waals surface area contributed by atoms with Gasteiger partial charge in [0.2, 0.25) is 11.8 Å². The zero-order valence-corrected chi connectivity index (χ0v) is 31.0. The van der Waals surface area contributed by atoms with E-state index in [4.69, 9.17) is 49.6 Å². The number of aryl methyl sites for hydroxylation is 2. The van der Waals surface area contributed by atoms with Gasteiger partial charge in [0, 0.05) is 34.6 Å². The summed E-state index contributed by atoms with van der Waals surface area (Å²) in [6.45, 7) is 6.92. The van der Waals surface area contributed by atoms with Crippen LogP contribution >= 0.6 is 34.8 Å². The smallest absolute Gasteiger partial charge is 0.264 e. The van der Waals surface area contributed by atoms with E-state index in [0.29, 0.717) is 55.2 Å². The third-order valence-corrected chi connectivity index (χ3v) is 9.94. The fourth-order valence-corrected chi connectivity index (χ4v) is 6.20. The first-order valence-electron chi connectivity index (χ1n) is 14.3. The van der Waals surface area contributed by atoms with Crippen molar-refractivity contribution in [2.24, 2.45) is 0 Å². The summed E-state index contributed by atoms with van der Waals surface area (Å²) >= 11 is 16.6. The van der Waals surface area contributed by atoms with Crippen LogP contribution in [0.5, 0.6) is 0 Å². The molecule has 0 bridgehead atoms. The second-order valence-electron chi connectivity index (χ2n) is 10.3. The second kappa shape index (κ2) is 16.8. The second-order valence-corrected chi connectivity index (χ2v) is 14.8. The van der Waals surface area contributed by atoms with Crippen LogP contribution in [0.1, 0.15) is 22.5 Å². The van der Waals surface area contributed by atoms with Gasteiger partial charge in [0.15, 0.2) is 0 Å². The predicted octanol–water partition coefficient (Wildman–Crippen LogP) is 6.74. The number of nitrogens with one attached hydrogen (secondary N) is 3. The fourth-order valence-electron chi connectivity index (χ4n) is 3.61. The van der Waals surface area contributed by atoms with Crippen molar-refractivity contribution in [1.29, 1.82) is 0 Å². The van der Waals surface area contributed by atoms with Crippen LogP contribution in [0.25, 0.3) is 0 Å². The largest absolute Gasteiger partial charge is 0.399 e. The molecule has 0 saturated carbocycles. The van der Waals surface area contributed by atoms with Gasteiger partial charge in [-0.1, -0.05) is 45.1 Å². The normalized spacial score (nSPS) is 11.0. The van der Waals surface area contributed by atoms with Crippen LogP contribution in [0.15, 0.2) is 92.2 Å². The summed E-state index contributed by atoms with van der Waals surface area (Å²) in [5, 5.41) is 11.5. The molecule has 21 heteroatoms. The standard InChI is InChI=1S/C15H14ClN5O3S.C11H13N3O3S.C4H2Cl2N2/c1-9-10(2)20-24-15(9)21-25(22,23)12-5-3-11(4-6-12)19-14-7-13(16)17-8-18-14;1-7-8(2)13-17-11(7)14-18(15,16)10-5-3-9(12)4-6-10;5-3-1-4(6)8-2-7-3/h3-8,21H,1-2H3,(H,17,18,19);3-6,14H,12H2,1-2H3;1-2H. The molecule has 0 aliphatic heterocycles. The molecule has 0 aliphatic carbocycles. The summed E-state index contributed by atoms with van der Waals surface area (Å²) in [7, 11) is -7.46. The lowest BCUT2D eigenvalue weighted by atomic mass is 10.3. The molecule has 4 heterocycles. The minimum atomic E-state index is -3.78. The number of aromatic nitrogens is 6. The van der Waals surface area contributed by atoms with Crippen LogP contribution in [0.4, 0.5) is 29.0 Å². The van der Waals surface area contributed by atoms with Gasteiger partial charge < -0.3 is 20.1 Å². The van der Waals surface area contributed by atoms with Crippen molar-refractivity contribution in [3.8, 4) is 0 Å². The summed E-state index contributed by atoms with van der Waals surface area (Å²) in [6, 6.07) is 15.1. The van der Waals surface area contributed by atoms with Gasteiger partial charge >= 0.3 is 0 Å². The van der Waals surface area contributed by atoms with E-state index in [1.165, 1.54) is 55.1 Å². The highest BCUT2D eigenvalue weighted by Gasteiger charge is 2.20. The van der Waals surface area contributed by atoms with Crippen LogP contribution in [-0.2, 0) is 20.0 Å². The van der Waals surface area contributed by atoms with Gasteiger partial charge in [0.25, 0.3) is 20.0 Å². The Morgan fingerprint density at radius 1 is 0.608 bits per heavy atom. The van der Waals surface area contributed by atoms with E-state index in [9.17, 15) is 16.8 Å². The number of sulfonamides is 2. The van der Waals surface area contributed by atoms with Gasteiger partial charge in [-0.05, 0) is 76.2 Å². The predicted molar refractivity (Wildman–Crippen MR) is 193 cm³/mol. The fraction of sp³-hybridized carbons (Fsp3) is 0.133. The Bertz CT molecular complexity index is 2300. The first-order chi connectivity index (χ1) is 24.0. The molecule has 6 aromatic rings. The first-order valence-corrected chi connectivity index (χ1v) is 18.4. The maximum Gasteiger partial charge on any atom is 0.264 e. The number of rotatable bonds is 8. The monoisotopic (exact) mass is 794 g/mol. The molecule has 0 aliphatic rings. The molecule has 0 fully saturated rings. The maximum atomic E-state index is 12.4. The third kappa shape index (κ3) is 11.0. The van der Waals surface area contributed by atoms with Gasteiger partial charge in [-0.3, -0.25) is 0 Å². The molecule has 6 rings (SSSR count). The summed E-state index contributed by atoms with van der Waals surface area (Å²) < 4.78 is 63.5. The zero-order chi connectivity index (χ0) is 37.3. The molecular weight excluding hydrogens is 767 g/mol. The maximum absolute atomic E-state index is 12.4. The quantitative estimate of drug-likeness (QED) is 0.0923. The number of hydrogen-bond acceptors (Lipinski definition) is 14. The van der Waals surface area contributed by atoms with E-state index < -0.39 is 20.0 Å². The third-order valence-electron chi connectivity index (χ3n) is 6.63. The number of hydrogen-bond donors (Lipinski definition) is 4. The molecular formula is C30H29Cl3N10O6S2. The van der Waals surface area contributed by atoms with Crippen molar-refractivity contribution < 1.29 is 25.9 Å². The summed E-state index contributed by atoms with van der Waals surface area (Å²) in [5.41, 5.74) is 9.23. The number of nitrogen functional groups attached to an aromatic ring is 1. The van der Waals surface area contributed by atoms with Crippen molar-refractivity contribution in [1.82, 2.24) is 30.2 Å². The molecule has 5 N–H and O–H groups in total. The molecule has 2 aromatic carbocycles. The lowest BCUT2D eigenvalue weighted by Gasteiger charge is -2.08. The van der Waals surface area contributed by atoms with Crippen LogP contribution in [0.3, 0.4) is 0 Å². The van der Waals surface area contributed by atoms with E-state index in [2.05, 4.69) is 45.0 Å². The molecule has 51 heavy (non-hydrogen) atoms. The Morgan fingerprint density at radius 2 is 1.02 bits per heavy atom. The van der Waals surface area contributed by atoms with Gasteiger partial charge in [-0.15, -0.1) is 0 Å². The minimum absolute atomic E-state index is 0.0900. The Kier molecular flexibility index (Phi) is 12.8. The van der Waals surface area contributed by atoms with E-state index >= 15 is 0 Å². The van der Waals surface area contributed by atoms with Crippen molar-refractivity contribution in [2.75, 3.05) is 20.5 Å². The van der Waals surface area contributed by atoms with Crippen LogP contribution in [0, 0.1) is 27.7 Å². The summed E-state index contributed by atoms with van der Waals surface area (Å²) in [6.07, 6.45) is 2.64. The van der Waals surface area contributed by atoms with E-state index in [1.54, 1.807) is 45.9 Å². The molecule has 0 atom stereocenters. The highest BCUT2D eigenvalue weighted by atomic mass is 35.5. The van der Waals surface area contributed by atoms with Crippen LogP contribution in [0.2, 0.25) is 15.5 Å². The number of anilines is 5. The molecule has 0 saturated heterocycles. The number of benzene rings is 2. The Morgan fingerprint density at radius 3 is 1.39 bits per heavy atom. The molecule has 16 nitrogen and oxygen atoms in total. The zero-order valence-electron chi connectivity index (χ0n) is 27.1. The molecule has 0 radical (unpaired) electrons. The Hall–Kier alpha value is -5.01. The summed E-state index contributed by atoms with van der Waals surface area (Å²) in [5.74, 6) is 0.737. The number of nitrogens with zero attached hydrogens (tertiary/aromatic N) is 6. The van der Waals surface area contributed by atoms with Crippen molar-refractivity contribution in [2.45, 2.75) is 37.5 Å². The van der Waals surface area contributed by atoms with E-state index in [1.807, 2.05) is 0 Å². The van der Waals surface area contributed by atoms with Crippen molar-refractivity contribution >= 4 is 83.8 Å². The van der Waals surface area contributed by atoms with Crippen LogP contribution < -0.4 is 20.5 Å². The number of nitrogens with two attached hydrogens (primary N) is 1. The Labute approximate surface area is 307 Å². The van der Waals surface area contributed by atoms with Gasteiger partial charge in [-0.25, -0.2) is 46.2 Å². The van der Waals surface area contributed by atoms with E-state index in [0.717, 1.165) is 0 Å². The van der Waals surface area contributed by atoms with Crippen LogP contribution in [-0.4, -0.2) is 47.1 Å². The average Bonchev–Trinajstić information content (AvgIpc) is 3.55. The van der Waals surface area contributed by atoms with Gasteiger partial charge in [0.1, 0.15) is 33.9 Å². The first kappa shape index (κ1) is 38.8. The minimum Gasteiger partial charge on any atom is -0.399 e. The summed E-state index contributed by atoms with van der Waals surface area (Å²) in [4.78, 5) is 15.2. The molecule has 0 amide bonds. The van der Waals surface area contributed by atoms with E-state index in [-0.39, 0.29) is 21.6 Å². The highest BCUT2D eigenvalue weighted by molar-refractivity contribution is 7.93. The molecule has 268 valence electrons. The number of halogens is 3. The lowest BCUT2D eigenvalue weighted by Crippen LogP contribution is -2.13. The van der Waals surface area contributed by atoms with Crippen molar-refractivity contribution in [3.05, 3.63) is 111 Å². The molecule has 0 unspecified atom stereocenters. The topological polar surface area (TPSA) is 234 Å². The molecule has 0 spiro atoms. The van der Waals surface area contributed by atoms with Gasteiger partial charge in [-0.2, -0.15) is 0 Å². The molecule has 4 aromatic heterocycles. The Balaban J connectivity index is 0.000000194. The van der Waals surface area contributed by atoms with Crippen molar-refractivity contribution in [3.63, 3.8) is 0 Å². The highest BCUT2D eigenvalue weighted by Crippen LogP contribution is 2.24. The van der Waals surface area contributed by atoms with Gasteiger partial charge in [0.05, 0.1) is 21.2 Å². The SMILES string of the molecule is Cc1noc(NS(=O)(=O)c2ccc(N)cc2)c1C.Cc1noc(NS(=O)(=O)c2ccc(Nc3cc(Cl)ncn3)cc2)c1C.Clc1cc(Cl)ncn1.